The Balaban J connectivity index is 0.00000261. The lowest BCUT2D eigenvalue weighted by atomic mass is 9.95. The Morgan fingerprint density at radius 2 is 2.00 bits per heavy atom. The molecule has 1 saturated heterocycles. The average Bonchev–Trinajstić information content (AvgIpc) is 3.41. The molecule has 8 heteroatoms. The number of aliphatic imine (C=N–C) groups is 1. The molecule has 2 aliphatic rings. The average molecular weight is 489 g/mol. The van der Waals surface area contributed by atoms with Crippen LogP contribution in [0, 0.1) is 5.82 Å². The Hall–Kier alpha value is -1.42. The first-order valence-corrected chi connectivity index (χ1v) is 9.25. The molecule has 1 aromatic carbocycles. The smallest absolute Gasteiger partial charge is 0.231 e. The summed E-state index contributed by atoms with van der Waals surface area (Å²) in [6, 6.07) is 7.35. The van der Waals surface area contributed by atoms with Gasteiger partial charge in [0.2, 0.25) is 5.91 Å². The normalized spacial score (nSPS) is 19.9. The number of primary amides is 1. The summed E-state index contributed by atoms with van der Waals surface area (Å²) in [7, 11) is 1.75. The Morgan fingerprint density at radius 3 is 2.56 bits per heavy atom. The molecule has 1 saturated carbocycles. The highest BCUT2D eigenvalue weighted by Gasteiger charge is 2.45. The summed E-state index contributed by atoms with van der Waals surface area (Å²) in [6.45, 7) is 2.69. The molecule has 1 aromatic rings. The number of carbonyl (C=O) groups excluding carboxylic acids is 1. The molecule has 4 N–H and O–H groups in total. The van der Waals surface area contributed by atoms with Gasteiger partial charge < -0.3 is 16.4 Å². The van der Waals surface area contributed by atoms with E-state index in [0.717, 1.165) is 50.3 Å². The van der Waals surface area contributed by atoms with E-state index in [2.05, 4.69) is 20.5 Å². The second kappa shape index (κ2) is 9.68. The zero-order valence-corrected chi connectivity index (χ0v) is 18.0. The van der Waals surface area contributed by atoms with Crippen LogP contribution in [0.1, 0.15) is 31.2 Å². The number of benzene rings is 1. The molecule has 0 radical (unpaired) electrons. The SMILES string of the molecule is CN=C(NCC1(c2ccccc2F)CC1)NC1CCN(CC(N)=O)CC1.I. The molecule has 0 spiro atoms. The van der Waals surface area contributed by atoms with Crippen molar-refractivity contribution in [2.75, 3.05) is 33.2 Å². The second-order valence-electron chi connectivity index (χ2n) is 7.35. The monoisotopic (exact) mass is 489 g/mol. The largest absolute Gasteiger partial charge is 0.369 e. The number of carbonyl (C=O) groups is 1. The van der Waals surface area contributed by atoms with E-state index in [-0.39, 0.29) is 41.1 Å². The van der Waals surface area contributed by atoms with Gasteiger partial charge in [-0.25, -0.2) is 4.39 Å². The van der Waals surface area contributed by atoms with Gasteiger partial charge in [0, 0.05) is 38.1 Å². The number of amides is 1. The highest BCUT2D eigenvalue weighted by molar-refractivity contribution is 14.0. The van der Waals surface area contributed by atoms with Crippen molar-refractivity contribution >= 4 is 35.8 Å². The maximum Gasteiger partial charge on any atom is 0.231 e. The van der Waals surface area contributed by atoms with E-state index in [4.69, 9.17) is 5.73 Å². The van der Waals surface area contributed by atoms with Gasteiger partial charge in [0.25, 0.3) is 0 Å². The molecule has 0 aromatic heterocycles. The van der Waals surface area contributed by atoms with E-state index in [9.17, 15) is 9.18 Å². The van der Waals surface area contributed by atoms with Crippen molar-refractivity contribution in [1.29, 1.82) is 0 Å². The van der Waals surface area contributed by atoms with Gasteiger partial charge in [0.15, 0.2) is 5.96 Å². The maximum atomic E-state index is 14.1. The van der Waals surface area contributed by atoms with E-state index in [0.29, 0.717) is 19.1 Å². The summed E-state index contributed by atoms with van der Waals surface area (Å²) in [4.78, 5) is 17.4. The molecule has 1 aliphatic heterocycles. The maximum absolute atomic E-state index is 14.1. The third-order valence-corrected chi connectivity index (χ3v) is 5.42. The van der Waals surface area contributed by atoms with E-state index < -0.39 is 0 Å². The first kappa shape index (κ1) is 21.9. The van der Waals surface area contributed by atoms with Crippen LogP contribution >= 0.6 is 24.0 Å². The first-order valence-electron chi connectivity index (χ1n) is 9.25. The van der Waals surface area contributed by atoms with E-state index >= 15 is 0 Å². The van der Waals surface area contributed by atoms with Crippen LogP contribution in [0.5, 0.6) is 0 Å². The first-order chi connectivity index (χ1) is 12.5. The van der Waals surface area contributed by atoms with Crippen molar-refractivity contribution in [3.05, 3.63) is 35.6 Å². The van der Waals surface area contributed by atoms with Crippen molar-refractivity contribution in [3.8, 4) is 0 Å². The fourth-order valence-corrected chi connectivity index (χ4v) is 3.68. The number of nitrogens with one attached hydrogen (secondary N) is 2. The van der Waals surface area contributed by atoms with Crippen LogP contribution in [-0.2, 0) is 10.2 Å². The number of likely N-dealkylation sites (tertiary alicyclic amines) is 1. The van der Waals surface area contributed by atoms with Crippen LogP contribution < -0.4 is 16.4 Å². The van der Waals surface area contributed by atoms with Crippen LogP contribution in [0.15, 0.2) is 29.3 Å². The molecule has 0 atom stereocenters. The van der Waals surface area contributed by atoms with Crippen molar-refractivity contribution in [2.45, 2.75) is 37.1 Å². The van der Waals surface area contributed by atoms with Crippen LogP contribution in [0.3, 0.4) is 0 Å². The summed E-state index contributed by atoms with van der Waals surface area (Å²) in [5.41, 5.74) is 5.93. The van der Waals surface area contributed by atoms with Crippen molar-refractivity contribution in [1.82, 2.24) is 15.5 Å². The topological polar surface area (TPSA) is 82.8 Å². The second-order valence-corrected chi connectivity index (χ2v) is 7.35. The predicted molar refractivity (Wildman–Crippen MR) is 116 cm³/mol. The number of piperidine rings is 1. The molecule has 150 valence electrons. The van der Waals surface area contributed by atoms with Gasteiger partial charge in [-0.1, -0.05) is 18.2 Å². The lowest BCUT2D eigenvalue weighted by Crippen LogP contribution is -2.50. The number of hydrogen-bond acceptors (Lipinski definition) is 3. The van der Waals surface area contributed by atoms with Gasteiger partial charge in [-0.15, -0.1) is 24.0 Å². The molecule has 1 amide bonds. The lowest BCUT2D eigenvalue weighted by molar-refractivity contribution is -0.119. The third kappa shape index (κ3) is 5.78. The molecular weight excluding hydrogens is 460 g/mol. The standard InChI is InChI=1S/C19H28FN5O.HI/c1-22-18(24-14-6-10-25(11-7-14)12-17(21)26)23-13-19(8-9-19)15-4-2-3-5-16(15)20;/h2-5,14H,6-13H2,1H3,(H2,21,26)(H2,22,23,24);1H. The Labute approximate surface area is 177 Å². The molecule has 0 bridgehead atoms. The molecule has 27 heavy (non-hydrogen) atoms. The van der Waals surface area contributed by atoms with Gasteiger partial charge in [0.05, 0.1) is 6.54 Å². The van der Waals surface area contributed by atoms with Gasteiger partial charge in [-0.05, 0) is 37.3 Å². The van der Waals surface area contributed by atoms with Crippen molar-refractivity contribution in [3.63, 3.8) is 0 Å². The minimum absolute atomic E-state index is 0. The van der Waals surface area contributed by atoms with Crippen LogP contribution in [0.2, 0.25) is 0 Å². The minimum atomic E-state index is -0.281. The number of hydrogen-bond donors (Lipinski definition) is 3. The Kier molecular flexibility index (Phi) is 7.84. The van der Waals surface area contributed by atoms with Gasteiger partial charge in [-0.3, -0.25) is 14.7 Å². The Morgan fingerprint density at radius 1 is 1.33 bits per heavy atom. The summed E-state index contributed by atoms with van der Waals surface area (Å²) in [6.07, 6.45) is 3.85. The van der Waals surface area contributed by atoms with E-state index in [1.807, 2.05) is 12.1 Å². The highest BCUT2D eigenvalue weighted by Crippen LogP contribution is 2.48. The quantitative estimate of drug-likeness (QED) is 0.322. The molecule has 3 rings (SSSR count). The molecule has 2 fully saturated rings. The lowest BCUT2D eigenvalue weighted by Gasteiger charge is -2.32. The van der Waals surface area contributed by atoms with Crippen LogP contribution in [0.25, 0.3) is 0 Å². The zero-order chi connectivity index (χ0) is 18.6. The molecule has 1 heterocycles. The Bertz CT molecular complexity index is 672. The van der Waals surface area contributed by atoms with Gasteiger partial charge in [-0.2, -0.15) is 0 Å². The minimum Gasteiger partial charge on any atom is -0.369 e. The number of nitrogens with two attached hydrogens (primary N) is 1. The fraction of sp³-hybridized carbons (Fsp3) is 0.579. The third-order valence-electron chi connectivity index (χ3n) is 5.42. The number of nitrogens with zero attached hydrogens (tertiary/aromatic N) is 2. The van der Waals surface area contributed by atoms with Crippen LogP contribution in [-0.4, -0.2) is 56.0 Å². The molecule has 1 aliphatic carbocycles. The number of halogens is 2. The van der Waals surface area contributed by atoms with E-state index in [1.165, 1.54) is 6.07 Å². The molecule has 6 nitrogen and oxygen atoms in total. The van der Waals surface area contributed by atoms with E-state index in [1.54, 1.807) is 13.1 Å². The fourth-order valence-electron chi connectivity index (χ4n) is 3.68. The zero-order valence-electron chi connectivity index (χ0n) is 15.7. The van der Waals surface area contributed by atoms with Gasteiger partial charge in [0.1, 0.15) is 5.82 Å². The van der Waals surface area contributed by atoms with Crippen LogP contribution in [0.4, 0.5) is 4.39 Å². The summed E-state index contributed by atoms with van der Waals surface area (Å²) in [5.74, 6) is 0.342. The van der Waals surface area contributed by atoms with Crippen molar-refractivity contribution in [2.24, 2.45) is 10.7 Å². The molecular formula is C19H29FIN5O. The molecule has 0 unspecified atom stereocenters. The predicted octanol–water partition coefficient (Wildman–Crippen LogP) is 1.59. The summed E-state index contributed by atoms with van der Waals surface area (Å²) >= 11 is 0. The summed E-state index contributed by atoms with van der Waals surface area (Å²) < 4.78 is 14.1. The van der Waals surface area contributed by atoms with Gasteiger partial charge >= 0.3 is 0 Å². The van der Waals surface area contributed by atoms with Crippen molar-refractivity contribution < 1.29 is 9.18 Å². The number of guanidine groups is 1. The highest BCUT2D eigenvalue weighted by atomic mass is 127. The summed E-state index contributed by atoms with van der Waals surface area (Å²) in [5, 5.41) is 6.82. The number of rotatable bonds is 6.